The van der Waals surface area contributed by atoms with Crippen molar-refractivity contribution in [3.05, 3.63) is 52.1 Å². The first-order valence-corrected chi connectivity index (χ1v) is 5.63. The van der Waals surface area contributed by atoms with E-state index in [1.165, 1.54) is 6.08 Å². The van der Waals surface area contributed by atoms with Gasteiger partial charge >= 0.3 is 5.97 Å². The summed E-state index contributed by atoms with van der Waals surface area (Å²) in [5, 5.41) is 11.1. The van der Waals surface area contributed by atoms with E-state index in [4.69, 9.17) is 4.74 Å². The van der Waals surface area contributed by atoms with Crippen molar-refractivity contribution in [1.29, 1.82) is 0 Å². The number of nitrogens with zero attached hydrogens (tertiary/aromatic N) is 1. The molecule has 2 rings (SSSR count). The Labute approximate surface area is 104 Å². The fourth-order valence-electron chi connectivity index (χ4n) is 1.91. The molecule has 1 aromatic carbocycles. The summed E-state index contributed by atoms with van der Waals surface area (Å²) >= 11 is 0. The van der Waals surface area contributed by atoms with Crippen molar-refractivity contribution in [2.45, 2.75) is 13.3 Å². The molecule has 0 amide bonds. The maximum absolute atomic E-state index is 11.6. The molecule has 0 aromatic heterocycles. The van der Waals surface area contributed by atoms with Crippen LogP contribution in [0.25, 0.3) is 5.70 Å². The lowest BCUT2D eigenvalue weighted by Gasteiger charge is -2.12. The fourth-order valence-corrected chi connectivity index (χ4v) is 1.91. The zero-order valence-electron chi connectivity index (χ0n) is 9.96. The third kappa shape index (κ3) is 2.25. The lowest BCUT2D eigenvalue weighted by molar-refractivity contribution is -0.376. The molecule has 0 bridgehead atoms. The van der Waals surface area contributed by atoms with Gasteiger partial charge in [-0.1, -0.05) is 18.2 Å². The van der Waals surface area contributed by atoms with E-state index in [9.17, 15) is 14.9 Å². The van der Waals surface area contributed by atoms with Crippen LogP contribution in [-0.2, 0) is 9.53 Å². The number of rotatable bonds is 3. The maximum Gasteiger partial charge on any atom is 0.316 e. The van der Waals surface area contributed by atoms with Gasteiger partial charge in [0, 0.05) is 12.5 Å². The van der Waals surface area contributed by atoms with E-state index in [1.54, 1.807) is 37.3 Å². The molecule has 0 aliphatic carbocycles. The number of nitro groups is 1. The van der Waals surface area contributed by atoms with Crippen LogP contribution in [0.3, 0.4) is 0 Å². The minimum atomic E-state index is -0.905. The van der Waals surface area contributed by atoms with Crippen LogP contribution in [0.15, 0.2) is 36.4 Å². The van der Waals surface area contributed by atoms with Crippen LogP contribution in [0.2, 0.25) is 0 Å². The van der Waals surface area contributed by atoms with Gasteiger partial charge in [0.25, 0.3) is 5.70 Å². The first-order chi connectivity index (χ1) is 8.53. The number of hydrogen-bond donors (Lipinski definition) is 0. The Kier molecular flexibility index (Phi) is 3.14. The van der Waals surface area contributed by atoms with E-state index < -0.39 is 16.3 Å². The first kappa shape index (κ1) is 12.3. The van der Waals surface area contributed by atoms with Gasteiger partial charge in [-0.25, -0.2) is 0 Å². The Balaban J connectivity index is 2.43. The smallest absolute Gasteiger partial charge is 0.316 e. The summed E-state index contributed by atoms with van der Waals surface area (Å²) in [6.45, 7) is 1.97. The Hall–Kier alpha value is -2.17. The molecular weight excluding hydrogens is 234 g/mol. The molecule has 1 saturated heterocycles. The zero-order chi connectivity index (χ0) is 13.2. The predicted octanol–water partition coefficient (Wildman–Crippen LogP) is 2.26. The Bertz CT molecular complexity index is 509. The van der Waals surface area contributed by atoms with Gasteiger partial charge in [0.15, 0.2) is 0 Å². The molecule has 0 spiro atoms. The highest BCUT2D eigenvalue weighted by molar-refractivity contribution is 5.82. The van der Waals surface area contributed by atoms with Gasteiger partial charge in [0.1, 0.15) is 0 Å². The van der Waals surface area contributed by atoms with Crippen LogP contribution in [-0.4, -0.2) is 17.5 Å². The largest absolute Gasteiger partial charge is 0.465 e. The lowest BCUT2D eigenvalue weighted by atomic mass is 9.87. The highest BCUT2D eigenvalue weighted by Gasteiger charge is 2.40. The van der Waals surface area contributed by atoms with E-state index in [-0.39, 0.29) is 5.70 Å². The molecule has 5 nitrogen and oxygen atoms in total. The molecule has 1 heterocycles. The van der Waals surface area contributed by atoms with Crippen molar-refractivity contribution in [1.82, 2.24) is 0 Å². The van der Waals surface area contributed by atoms with Crippen molar-refractivity contribution >= 4 is 11.7 Å². The van der Waals surface area contributed by atoms with Crippen LogP contribution in [0.1, 0.15) is 18.9 Å². The normalized spacial score (nSPS) is 23.8. The number of esters is 1. The summed E-state index contributed by atoms with van der Waals surface area (Å²) in [4.78, 5) is 22.3. The van der Waals surface area contributed by atoms with Gasteiger partial charge in [0.2, 0.25) is 0 Å². The highest BCUT2D eigenvalue weighted by Crippen LogP contribution is 2.34. The molecule has 94 valence electrons. The fraction of sp³-hybridized carbons (Fsp3) is 0.308. The monoisotopic (exact) mass is 247 g/mol. The third-order valence-electron chi connectivity index (χ3n) is 3.04. The Morgan fingerprint density at radius 3 is 2.61 bits per heavy atom. The topological polar surface area (TPSA) is 69.4 Å². The molecule has 1 fully saturated rings. The minimum absolute atomic E-state index is 0.0584. The van der Waals surface area contributed by atoms with Crippen molar-refractivity contribution in [2.24, 2.45) is 5.41 Å². The average Bonchev–Trinajstić information content (AvgIpc) is 2.68. The highest BCUT2D eigenvalue weighted by atomic mass is 16.6. The van der Waals surface area contributed by atoms with Crippen molar-refractivity contribution in [3.8, 4) is 0 Å². The van der Waals surface area contributed by atoms with Gasteiger partial charge in [-0.05, 0) is 19.1 Å². The van der Waals surface area contributed by atoms with E-state index in [2.05, 4.69) is 0 Å². The Morgan fingerprint density at radius 2 is 2.11 bits per heavy atom. The van der Waals surface area contributed by atoms with E-state index in [1.807, 2.05) is 0 Å². The molecule has 0 saturated carbocycles. The van der Waals surface area contributed by atoms with Crippen LogP contribution in [0, 0.1) is 15.5 Å². The minimum Gasteiger partial charge on any atom is -0.465 e. The first-order valence-electron chi connectivity index (χ1n) is 5.63. The number of benzene rings is 1. The number of hydrogen-bond acceptors (Lipinski definition) is 4. The summed E-state index contributed by atoms with van der Waals surface area (Å²) in [5.41, 5.74) is -0.474. The molecule has 0 N–H and O–H groups in total. The van der Waals surface area contributed by atoms with Crippen LogP contribution in [0.4, 0.5) is 0 Å². The standard InChI is InChI=1S/C13H13NO4/c1-13(7-8-18-12(13)15)9-11(14(16)17)10-5-3-2-4-6-10/h2-6,9H,7-8H2,1H3/b11-9-. The number of carbonyl (C=O) groups excluding carboxylic acids is 1. The molecule has 18 heavy (non-hydrogen) atoms. The molecule has 1 unspecified atom stereocenters. The summed E-state index contributed by atoms with van der Waals surface area (Å²) < 4.78 is 4.88. The quantitative estimate of drug-likeness (QED) is 0.466. The van der Waals surface area contributed by atoms with Gasteiger partial charge in [-0.3, -0.25) is 14.9 Å². The summed E-state index contributed by atoms with van der Waals surface area (Å²) in [7, 11) is 0. The molecule has 5 heteroatoms. The van der Waals surface area contributed by atoms with Crippen LogP contribution >= 0.6 is 0 Å². The van der Waals surface area contributed by atoms with Gasteiger partial charge in [-0.2, -0.15) is 0 Å². The van der Waals surface area contributed by atoms with Crippen LogP contribution < -0.4 is 0 Å². The predicted molar refractivity (Wildman–Crippen MR) is 65.1 cm³/mol. The summed E-state index contributed by atoms with van der Waals surface area (Å²) in [5.74, 6) is -0.405. The van der Waals surface area contributed by atoms with E-state index in [0.717, 1.165) is 0 Å². The number of cyclic esters (lactones) is 1. The van der Waals surface area contributed by atoms with Crippen molar-refractivity contribution in [2.75, 3.05) is 6.61 Å². The van der Waals surface area contributed by atoms with Gasteiger partial charge in [-0.15, -0.1) is 0 Å². The molecule has 1 atom stereocenters. The number of carbonyl (C=O) groups is 1. The number of ether oxygens (including phenoxy) is 1. The lowest BCUT2D eigenvalue weighted by Crippen LogP contribution is -2.21. The second kappa shape index (κ2) is 4.60. The molecular formula is C13H13NO4. The molecule has 0 radical (unpaired) electrons. The summed E-state index contributed by atoms with van der Waals surface area (Å²) in [6.07, 6.45) is 1.87. The Morgan fingerprint density at radius 1 is 1.44 bits per heavy atom. The SMILES string of the molecule is CC1(/C=C(/c2ccccc2)[N+](=O)[O-])CCOC1=O. The molecule has 1 aliphatic rings. The average molecular weight is 247 g/mol. The summed E-state index contributed by atoms with van der Waals surface area (Å²) in [6, 6.07) is 8.53. The van der Waals surface area contributed by atoms with Gasteiger partial charge < -0.3 is 4.74 Å². The van der Waals surface area contributed by atoms with Crippen molar-refractivity contribution in [3.63, 3.8) is 0 Å². The zero-order valence-corrected chi connectivity index (χ0v) is 9.96. The molecule has 1 aromatic rings. The second-order valence-electron chi connectivity index (χ2n) is 4.46. The van der Waals surface area contributed by atoms with Gasteiger partial charge in [0.05, 0.1) is 22.5 Å². The van der Waals surface area contributed by atoms with E-state index in [0.29, 0.717) is 18.6 Å². The van der Waals surface area contributed by atoms with Crippen LogP contribution in [0.5, 0.6) is 0 Å². The van der Waals surface area contributed by atoms with E-state index >= 15 is 0 Å². The third-order valence-corrected chi connectivity index (χ3v) is 3.04. The van der Waals surface area contributed by atoms with Crippen molar-refractivity contribution < 1.29 is 14.5 Å². The maximum atomic E-state index is 11.6. The molecule has 1 aliphatic heterocycles. The second-order valence-corrected chi connectivity index (χ2v) is 4.46.